The van der Waals surface area contributed by atoms with E-state index < -0.39 is 0 Å². The molecule has 0 amide bonds. The quantitative estimate of drug-likeness (QED) is 0.160. The number of anilines is 3. The van der Waals surface area contributed by atoms with E-state index in [0.717, 1.165) is 50.1 Å². The van der Waals surface area contributed by atoms with Crippen molar-refractivity contribution in [1.82, 2.24) is 0 Å². The van der Waals surface area contributed by atoms with Crippen LogP contribution in [0.15, 0.2) is 229 Å². The van der Waals surface area contributed by atoms with Crippen LogP contribution in [0.3, 0.4) is 0 Å². The van der Waals surface area contributed by atoms with Crippen molar-refractivity contribution in [3.63, 3.8) is 0 Å². The zero-order valence-electron chi connectivity index (χ0n) is 35.2. The second-order valence-electron chi connectivity index (χ2n) is 17.3. The van der Waals surface area contributed by atoms with E-state index in [4.69, 9.17) is 4.42 Å². The van der Waals surface area contributed by atoms with E-state index in [9.17, 15) is 0 Å². The van der Waals surface area contributed by atoms with Gasteiger partial charge in [-0.3, -0.25) is 0 Å². The average Bonchev–Trinajstić information content (AvgIpc) is 3.83. The molecule has 0 fully saturated rings. The molecule has 1 heterocycles. The summed E-state index contributed by atoms with van der Waals surface area (Å²) in [7, 11) is 0. The van der Waals surface area contributed by atoms with Crippen LogP contribution in [0.4, 0.5) is 17.1 Å². The Hall–Kier alpha value is -7.94. The normalized spacial score (nSPS) is 12.7. The van der Waals surface area contributed by atoms with Gasteiger partial charge in [-0.1, -0.05) is 178 Å². The second kappa shape index (κ2) is 14.6. The summed E-state index contributed by atoms with van der Waals surface area (Å²) in [6.45, 7) is 4.72. The van der Waals surface area contributed by atoms with Gasteiger partial charge in [0.1, 0.15) is 11.2 Å². The molecular formula is C61H43NO. The maximum absolute atomic E-state index is 6.27. The molecule has 298 valence electrons. The topological polar surface area (TPSA) is 16.4 Å². The lowest BCUT2D eigenvalue weighted by Gasteiger charge is -2.27. The van der Waals surface area contributed by atoms with Crippen molar-refractivity contribution < 1.29 is 4.42 Å². The lowest BCUT2D eigenvalue weighted by Crippen LogP contribution is -2.16. The molecule has 0 saturated heterocycles. The third kappa shape index (κ3) is 6.17. The summed E-state index contributed by atoms with van der Waals surface area (Å²) in [4.78, 5) is 2.36. The van der Waals surface area contributed by atoms with E-state index in [1.165, 1.54) is 66.4 Å². The lowest BCUT2D eigenvalue weighted by atomic mass is 9.79. The molecule has 2 heteroatoms. The van der Waals surface area contributed by atoms with Crippen LogP contribution in [0, 0.1) is 0 Å². The fraction of sp³-hybridized carbons (Fsp3) is 0.0492. The van der Waals surface area contributed by atoms with Crippen molar-refractivity contribution in [1.29, 1.82) is 0 Å². The first-order chi connectivity index (χ1) is 31.0. The number of nitrogens with zero attached hydrogens (tertiary/aromatic N) is 1. The van der Waals surface area contributed by atoms with Crippen LogP contribution in [-0.2, 0) is 5.41 Å². The van der Waals surface area contributed by atoms with Gasteiger partial charge >= 0.3 is 0 Å². The summed E-state index contributed by atoms with van der Waals surface area (Å²) >= 11 is 0. The summed E-state index contributed by atoms with van der Waals surface area (Å²) in [5.41, 5.74) is 20.0. The van der Waals surface area contributed by atoms with Gasteiger partial charge in [-0.05, 0) is 138 Å². The van der Waals surface area contributed by atoms with Gasteiger partial charge in [-0.15, -0.1) is 0 Å². The fourth-order valence-electron chi connectivity index (χ4n) is 10.2. The number of rotatable bonds is 7. The van der Waals surface area contributed by atoms with E-state index in [1.54, 1.807) is 0 Å². The maximum atomic E-state index is 6.27. The van der Waals surface area contributed by atoms with Crippen molar-refractivity contribution in [2.75, 3.05) is 4.90 Å². The van der Waals surface area contributed by atoms with E-state index in [-0.39, 0.29) is 5.41 Å². The predicted octanol–water partition coefficient (Wildman–Crippen LogP) is 17.2. The van der Waals surface area contributed by atoms with Crippen LogP contribution in [0.25, 0.3) is 88.3 Å². The maximum Gasteiger partial charge on any atom is 0.136 e. The smallest absolute Gasteiger partial charge is 0.136 e. The number of benzene rings is 10. The first-order valence-electron chi connectivity index (χ1n) is 21.8. The molecule has 1 aromatic heterocycles. The van der Waals surface area contributed by atoms with Gasteiger partial charge in [0.15, 0.2) is 0 Å². The Bertz CT molecular complexity index is 3510. The van der Waals surface area contributed by atoms with Crippen LogP contribution in [0.2, 0.25) is 0 Å². The molecule has 0 unspecified atom stereocenters. The first kappa shape index (κ1) is 36.9. The van der Waals surface area contributed by atoms with Gasteiger partial charge in [-0.25, -0.2) is 0 Å². The summed E-state index contributed by atoms with van der Waals surface area (Å²) in [6.07, 6.45) is 0. The minimum Gasteiger partial charge on any atom is -0.456 e. The third-order valence-corrected chi connectivity index (χ3v) is 13.3. The molecule has 0 aliphatic heterocycles. The minimum atomic E-state index is -0.0972. The SMILES string of the molecule is CC1(C)c2ccccc2-c2cccc(-c3ccc(N(c4ccc(-c5cccc(-c6cccc7ccccc67)c5)cc4)c4ccc(-c5ccc6c(c5)oc5ccccc56)cc4)cc3)c21. The Morgan fingerprint density at radius 3 is 1.60 bits per heavy atom. The summed E-state index contributed by atoms with van der Waals surface area (Å²) in [6, 6.07) is 81.6. The highest BCUT2D eigenvalue weighted by Gasteiger charge is 2.37. The third-order valence-electron chi connectivity index (χ3n) is 13.3. The zero-order valence-corrected chi connectivity index (χ0v) is 35.2. The molecule has 1 aliphatic rings. The average molecular weight is 806 g/mol. The largest absolute Gasteiger partial charge is 0.456 e. The monoisotopic (exact) mass is 805 g/mol. The van der Waals surface area contributed by atoms with Crippen molar-refractivity contribution in [3.05, 3.63) is 236 Å². The first-order valence-corrected chi connectivity index (χ1v) is 21.8. The standard InChI is InChI=1S/C61H43NO/c1-61(2)57-22-7-5-17-53(57)56-21-11-20-52(60(56)61)43-28-35-49(36-29-43)62(48-33-26-41(27-34-48)45-30-37-55-54-18-6-8-23-58(54)63-59(55)39-45)47-31-24-40(25-32-47)44-14-9-15-46(38-44)51-19-10-13-42-12-3-4-16-50(42)51/h3-39H,1-2H3. The summed E-state index contributed by atoms with van der Waals surface area (Å²) < 4.78 is 6.27. The van der Waals surface area contributed by atoms with Crippen molar-refractivity contribution >= 4 is 49.8 Å². The molecule has 2 nitrogen and oxygen atoms in total. The van der Waals surface area contributed by atoms with Gasteiger partial charge in [0.05, 0.1) is 0 Å². The van der Waals surface area contributed by atoms with Crippen molar-refractivity contribution in [3.8, 4) is 55.6 Å². The molecule has 1 aliphatic carbocycles. The number of fused-ring (bicyclic) bond motifs is 7. The van der Waals surface area contributed by atoms with Gasteiger partial charge in [0.25, 0.3) is 0 Å². The predicted molar refractivity (Wildman–Crippen MR) is 265 cm³/mol. The highest BCUT2D eigenvalue weighted by Crippen LogP contribution is 2.52. The van der Waals surface area contributed by atoms with Crippen LogP contribution in [0.5, 0.6) is 0 Å². The van der Waals surface area contributed by atoms with Crippen LogP contribution >= 0.6 is 0 Å². The Kier molecular flexibility index (Phi) is 8.55. The highest BCUT2D eigenvalue weighted by atomic mass is 16.3. The molecule has 63 heavy (non-hydrogen) atoms. The summed E-state index contributed by atoms with van der Waals surface area (Å²) in [5, 5.41) is 4.80. The Labute approximate surface area is 368 Å². The number of furan rings is 1. The molecule has 11 aromatic rings. The van der Waals surface area contributed by atoms with E-state index in [0.29, 0.717) is 0 Å². The Morgan fingerprint density at radius 1 is 0.333 bits per heavy atom. The van der Waals surface area contributed by atoms with Gasteiger partial charge in [0.2, 0.25) is 0 Å². The number of hydrogen-bond donors (Lipinski definition) is 0. The number of hydrogen-bond acceptors (Lipinski definition) is 2. The van der Waals surface area contributed by atoms with E-state index in [1.807, 2.05) is 12.1 Å². The fourth-order valence-corrected chi connectivity index (χ4v) is 10.2. The van der Waals surface area contributed by atoms with Crippen LogP contribution in [0.1, 0.15) is 25.0 Å². The number of para-hydroxylation sites is 1. The second-order valence-corrected chi connectivity index (χ2v) is 17.3. The lowest BCUT2D eigenvalue weighted by molar-refractivity contribution is 0.662. The molecule has 0 spiro atoms. The zero-order chi connectivity index (χ0) is 42.1. The highest BCUT2D eigenvalue weighted by molar-refractivity contribution is 6.06. The van der Waals surface area contributed by atoms with Gasteiger partial charge in [0, 0.05) is 33.2 Å². The molecular weight excluding hydrogens is 763 g/mol. The molecule has 12 rings (SSSR count). The minimum absolute atomic E-state index is 0.0972. The van der Waals surface area contributed by atoms with Gasteiger partial charge < -0.3 is 9.32 Å². The molecule has 0 radical (unpaired) electrons. The van der Waals surface area contributed by atoms with Gasteiger partial charge in [-0.2, -0.15) is 0 Å². The Morgan fingerprint density at radius 2 is 0.841 bits per heavy atom. The Balaban J connectivity index is 0.918. The molecule has 0 N–H and O–H groups in total. The van der Waals surface area contributed by atoms with Crippen LogP contribution < -0.4 is 4.90 Å². The molecule has 0 saturated carbocycles. The molecule has 0 bridgehead atoms. The summed E-state index contributed by atoms with van der Waals surface area (Å²) in [5.74, 6) is 0. The van der Waals surface area contributed by atoms with Crippen LogP contribution in [-0.4, -0.2) is 0 Å². The molecule has 0 atom stereocenters. The van der Waals surface area contributed by atoms with E-state index >= 15 is 0 Å². The molecule has 10 aromatic carbocycles. The van der Waals surface area contributed by atoms with Crippen molar-refractivity contribution in [2.45, 2.75) is 19.3 Å². The van der Waals surface area contributed by atoms with E-state index in [2.05, 4.69) is 231 Å². The van der Waals surface area contributed by atoms with Crippen molar-refractivity contribution in [2.24, 2.45) is 0 Å².